The number of hydrogen-bond donors (Lipinski definition) is 2. The molecule has 0 aliphatic rings. The van der Waals surface area contributed by atoms with Crippen molar-refractivity contribution in [3.05, 3.63) is 71.3 Å². The van der Waals surface area contributed by atoms with E-state index in [4.69, 9.17) is 5.73 Å². The number of halogens is 3. The molecular weight excluding hydrogens is 471 g/mol. The van der Waals surface area contributed by atoms with E-state index in [0.29, 0.717) is 41.4 Å². The van der Waals surface area contributed by atoms with Gasteiger partial charge < -0.3 is 15.6 Å². The van der Waals surface area contributed by atoms with Crippen LogP contribution in [0.25, 0.3) is 10.2 Å². The molecule has 1 aromatic carbocycles. The van der Waals surface area contributed by atoms with Gasteiger partial charge in [0, 0.05) is 37.2 Å². The number of benzene rings is 1. The number of carbonyl (C=O) groups is 2. The topological polar surface area (TPSA) is 129 Å². The lowest BCUT2D eigenvalue weighted by molar-refractivity contribution is -0.141. The molecule has 3 heterocycles. The Morgan fingerprint density at radius 1 is 1.18 bits per heavy atom. The number of imidazole rings is 1. The van der Waals surface area contributed by atoms with Gasteiger partial charge >= 0.3 is 6.18 Å². The van der Waals surface area contributed by atoms with Crippen molar-refractivity contribution < 1.29 is 22.8 Å². The fourth-order valence-electron chi connectivity index (χ4n) is 3.22. The van der Waals surface area contributed by atoms with Gasteiger partial charge in [-0.1, -0.05) is 0 Å². The van der Waals surface area contributed by atoms with E-state index in [0.717, 1.165) is 17.5 Å². The monoisotopic (exact) mass is 489 g/mol. The van der Waals surface area contributed by atoms with Gasteiger partial charge in [-0.05, 0) is 30.7 Å². The quantitative estimate of drug-likeness (QED) is 0.366. The summed E-state index contributed by atoms with van der Waals surface area (Å²) in [5.74, 6) is -2.97. The molecule has 4 aromatic rings. The predicted octanol–water partition coefficient (Wildman–Crippen LogP) is 2.74. The molecule has 13 heteroatoms. The van der Waals surface area contributed by atoms with E-state index in [1.54, 1.807) is 30.7 Å². The minimum Gasteiger partial charge on any atom is -0.369 e. The third-order valence-corrected chi connectivity index (χ3v) is 5.94. The predicted molar refractivity (Wildman–Crippen MR) is 117 cm³/mol. The zero-order valence-corrected chi connectivity index (χ0v) is 18.3. The van der Waals surface area contributed by atoms with Crippen molar-refractivity contribution in [1.29, 1.82) is 0 Å². The Bertz CT molecular complexity index is 1320. The van der Waals surface area contributed by atoms with Crippen LogP contribution in [0.5, 0.6) is 0 Å². The van der Waals surface area contributed by atoms with Gasteiger partial charge in [0.15, 0.2) is 0 Å². The van der Waals surface area contributed by atoms with Crippen LogP contribution >= 0.6 is 11.3 Å². The molecule has 1 unspecified atom stereocenters. The highest BCUT2D eigenvalue weighted by molar-refractivity contribution is 7.18. The normalized spacial score (nSPS) is 12.6. The maximum absolute atomic E-state index is 13.0. The first-order chi connectivity index (χ1) is 16.2. The van der Waals surface area contributed by atoms with Crippen molar-refractivity contribution in [3.8, 4) is 0 Å². The van der Waals surface area contributed by atoms with E-state index >= 15 is 0 Å². The van der Waals surface area contributed by atoms with Crippen LogP contribution in [-0.4, -0.2) is 42.9 Å². The van der Waals surface area contributed by atoms with Crippen LogP contribution in [0.1, 0.15) is 39.2 Å². The lowest BCUT2D eigenvalue weighted by Gasteiger charge is -2.11. The van der Waals surface area contributed by atoms with Crippen molar-refractivity contribution in [1.82, 2.24) is 29.8 Å². The van der Waals surface area contributed by atoms with Gasteiger partial charge in [-0.15, -0.1) is 11.3 Å². The molecule has 0 saturated carbocycles. The van der Waals surface area contributed by atoms with Crippen molar-refractivity contribution >= 4 is 33.4 Å². The second-order valence-electron chi connectivity index (χ2n) is 7.28. The summed E-state index contributed by atoms with van der Waals surface area (Å²) in [6, 6.07) is 5.49. The van der Waals surface area contributed by atoms with Crippen molar-refractivity contribution in [2.75, 3.05) is 6.54 Å². The van der Waals surface area contributed by atoms with Gasteiger partial charge in [-0.2, -0.15) is 13.2 Å². The molecule has 34 heavy (non-hydrogen) atoms. The average molecular weight is 489 g/mol. The lowest BCUT2D eigenvalue weighted by atomic mass is 10.1. The number of aryl methyl sites for hydroxylation is 1. The van der Waals surface area contributed by atoms with E-state index in [9.17, 15) is 22.8 Å². The molecule has 176 valence electrons. The second-order valence-corrected chi connectivity index (χ2v) is 8.34. The number of nitrogens with one attached hydrogen (secondary N) is 1. The van der Waals surface area contributed by atoms with Crippen molar-refractivity contribution in [2.45, 2.75) is 25.1 Å². The molecule has 0 aliphatic heterocycles. The number of rotatable bonds is 8. The lowest BCUT2D eigenvalue weighted by Crippen LogP contribution is -2.25. The molecule has 0 saturated heterocycles. The third kappa shape index (κ3) is 5.20. The van der Waals surface area contributed by atoms with Crippen LogP contribution in [0.2, 0.25) is 0 Å². The highest BCUT2D eigenvalue weighted by atomic mass is 32.1. The first-order valence-electron chi connectivity index (χ1n) is 10.1. The van der Waals surface area contributed by atoms with E-state index < -0.39 is 29.5 Å². The molecule has 3 aromatic heterocycles. The van der Waals surface area contributed by atoms with E-state index in [1.165, 1.54) is 0 Å². The fourth-order valence-corrected chi connectivity index (χ4v) is 4.33. The van der Waals surface area contributed by atoms with Crippen LogP contribution < -0.4 is 11.1 Å². The van der Waals surface area contributed by atoms with Crippen LogP contribution in [0.15, 0.2) is 49.2 Å². The van der Waals surface area contributed by atoms with Crippen LogP contribution in [0, 0.1) is 0 Å². The number of hydrogen-bond acceptors (Lipinski definition) is 7. The average Bonchev–Trinajstić information content (AvgIpc) is 3.45. The Morgan fingerprint density at radius 2 is 2.00 bits per heavy atom. The highest BCUT2D eigenvalue weighted by Gasteiger charge is 2.35. The van der Waals surface area contributed by atoms with E-state index in [2.05, 4.69) is 25.3 Å². The highest BCUT2D eigenvalue weighted by Crippen LogP contribution is 2.33. The first kappa shape index (κ1) is 23.3. The second kappa shape index (κ2) is 9.55. The van der Waals surface area contributed by atoms with Gasteiger partial charge in [0.2, 0.25) is 5.91 Å². The number of carbonyl (C=O) groups excluding carboxylic acids is 2. The molecule has 4 rings (SSSR count). The minimum absolute atomic E-state index is 0.139. The van der Waals surface area contributed by atoms with Crippen LogP contribution in [0.4, 0.5) is 13.2 Å². The Morgan fingerprint density at radius 3 is 2.71 bits per heavy atom. The molecule has 2 amide bonds. The number of aromatic nitrogens is 5. The summed E-state index contributed by atoms with van der Waals surface area (Å²) in [6.45, 7) is 1.17. The van der Waals surface area contributed by atoms with Gasteiger partial charge in [-0.25, -0.2) is 19.9 Å². The standard InChI is InChI=1S/C21H18F3N7O2S/c22-21(23,24)15-4-6-27-18(30-15)16(17(25)32)20-29-13-3-2-12(10-14(13)34-20)19(33)28-5-1-8-31-9-7-26-11-31/h2-4,6-7,9-11,16H,1,5,8H2,(H2,25,32)(H,28,33). The summed E-state index contributed by atoms with van der Waals surface area (Å²) in [5, 5.41) is 2.97. The number of amides is 2. The SMILES string of the molecule is NC(=O)C(c1nccc(C(F)(F)F)n1)c1nc2ccc(C(=O)NCCCn3ccnc3)cc2s1. The van der Waals surface area contributed by atoms with Crippen molar-refractivity contribution in [3.63, 3.8) is 0 Å². The molecule has 0 radical (unpaired) electrons. The maximum atomic E-state index is 13.0. The summed E-state index contributed by atoms with van der Waals surface area (Å²) in [5.41, 5.74) is 5.13. The fraction of sp³-hybridized carbons (Fsp3) is 0.238. The summed E-state index contributed by atoms with van der Waals surface area (Å²) >= 11 is 1.04. The van der Waals surface area contributed by atoms with Crippen LogP contribution in [0.3, 0.4) is 0 Å². The largest absolute Gasteiger partial charge is 0.433 e. The Kier molecular flexibility index (Phi) is 6.54. The maximum Gasteiger partial charge on any atom is 0.433 e. The number of nitrogens with two attached hydrogens (primary N) is 1. The minimum atomic E-state index is -4.70. The number of fused-ring (bicyclic) bond motifs is 1. The Balaban J connectivity index is 1.52. The molecule has 9 nitrogen and oxygen atoms in total. The first-order valence-corrected chi connectivity index (χ1v) is 10.9. The number of alkyl halides is 3. The summed E-state index contributed by atoms with van der Waals surface area (Å²) < 4.78 is 41.6. The number of primary amides is 1. The molecule has 0 spiro atoms. The van der Waals surface area contributed by atoms with Crippen molar-refractivity contribution in [2.24, 2.45) is 5.73 Å². The van der Waals surface area contributed by atoms with Gasteiger partial charge in [-0.3, -0.25) is 9.59 Å². The number of thiazole rings is 1. The van der Waals surface area contributed by atoms with Gasteiger partial charge in [0.05, 0.1) is 16.5 Å². The molecule has 0 fully saturated rings. The molecule has 0 aliphatic carbocycles. The molecule has 1 atom stereocenters. The van der Waals surface area contributed by atoms with Gasteiger partial charge in [0.25, 0.3) is 5.91 Å². The van der Waals surface area contributed by atoms with E-state index in [1.807, 2.05) is 10.8 Å². The summed E-state index contributed by atoms with van der Waals surface area (Å²) in [6.07, 6.45) is 2.14. The van der Waals surface area contributed by atoms with E-state index in [-0.39, 0.29) is 10.9 Å². The zero-order valence-electron chi connectivity index (χ0n) is 17.5. The summed E-state index contributed by atoms with van der Waals surface area (Å²) in [7, 11) is 0. The Hall–Kier alpha value is -3.87. The van der Waals surface area contributed by atoms with Gasteiger partial charge in [0.1, 0.15) is 22.4 Å². The Labute approximate surface area is 194 Å². The summed E-state index contributed by atoms with van der Waals surface area (Å²) in [4.78, 5) is 40.2. The number of nitrogens with zero attached hydrogens (tertiary/aromatic N) is 5. The molecular formula is C21H18F3N7O2S. The zero-order chi connectivity index (χ0) is 24.3. The molecule has 0 bridgehead atoms. The third-order valence-electron chi connectivity index (χ3n) is 4.86. The smallest absolute Gasteiger partial charge is 0.369 e. The molecule has 3 N–H and O–H groups in total. The van der Waals surface area contributed by atoms with Crippen LogP contribution in [-0.2, 0) is 17.5 Å².